The molecule has 0 aliphatic carbocycles. The predicted octanol–water partition coefficient (Wildman–Crippen LogP) is 4.08. The molecule has 0 spiro atoms. The first kappa shape index (κ1) is 13.3. The Morgan fingerprint density at radius 3 is 2.32 bits per heavy atom. The molecule has 2 rings (SSSR count). The zero-order valence-corrected chi connectivity index (χ0v) is 11.5. The van der Waals surface area contributed by atoms with Crippen molar-refractivity contribution in [1.29, 1.82) is 5.26 Å². The predicted molar refractivity (Wildman–Crippen MR) is 76.0 cm³/mol. The average Bonchev–Trinajstić information content (AvgIpc) is 2.47. The molecule has 0 atom stereocenters. The molecule has 0 aliphatic heterocycles. The van der Waals surface area contributed by atoms with Crippen molar-refractivity contribution >= 4 is 11.8 Å². The zero-order valence-electron chi connectivity index (χ0n) is 10.7. The van der Waals surface area contributed by atoms with Crippen molar-refractivity contribution in [2.45, 2.75) is 4.90 Å². The molecular weight excluding hydrogens is 258 g/mol. The minimum Gasteiger partial charge on any atom is -0.497 e. The van der Waals surface area contributed by atoms with E-state index in [1.54, 1.807) is 13.2 Å². The molecule has 0 aliphatic rings. The van der Waals surface area contributed by atoms with Gasteiger partial charge in [0.15, 0.2) is 0 Å². The van der Waals surface area contributed by atoms with Gasteiger partial charge in [-0.1, -0.05) is 6.07 Å². The second-order valence-corrected chi connectivity index (χ2v) is 4.57. The van der Waals surface area contributed by atoms with Crippen molar-refractivity contribution in [2.75, 3.05) is 13.4 Å². The summed E-state index contributed by atoms with van der Waals surface area (Å²) in [6.07, 6.45) is 1.94. The fourth-order valence-corrected chi connectivity index (χ4v) is 2.21. The third-order valence-corrected chi connectivity index (χ3v) is 3.39. The first-order chi connectivity index (χ1) is 9.28. The van der Waals surface area contributed by atoms with Crippen LogP contribution in [0.25, 0.3) is 0 Å². The molecule has 2 aromatic carbocycles. The summed E-state index contributed by atoms with van der Waals surface area (Å²) < 4.78 is 10.8. The van der Waals surface area contributed by atoms with E-state index in [0.29, 0.717) is 17.1 Å². The van der Waals surface area contributed by atoms with Crippen molar-refractivity contribution < 1.29 is 9.47 Å². The fraction of sp³-hybridized carbons (Fsp3) is 0.133. The number of nitrogens with zero attached hydrogens (tertiary/aromatic N) is 1. The third kappa shape index (κ3) is 3.01. The van der Waals surface area contributed by atoms with E-state index < -0.39 is 0 Å². The van der Waals surface area contributed by atoms with Crippen LogP contribution < -0.4 is 9.47 Å². The molecule has 0 saturated carbocycles. The Morgan fingerprint density at radius 2 is 1.74 bits per heavy atom. The van der Waals surface area contributed by atoms with E-state index in [0.717, 1.165) is 10.6 Å². The number of hydrogen-bond acceptors (Lipinski definition) is 4. The van der Waals surface area contributed by atoms with E-state index in [-0.39, 0.29) is 0 Å². The smallest absolute Gasteiger partial charge is 0.146 e. The molecule has 0 radical (unpaired) electrons. The van der Waals surface area contributed by atoms with Crippen molar-refractivity contribution in [1.82, 2.24) is 0 Å². The van der Waals surface area contributed by atoms with E-state index in [1.807, 2.05) is 42.7 Å². The van der Waals surface area contributed by atoms with E-state index in [1.165, 1.54) is 11.8 Å². The SMILES string of the molecule is COc1ccc(Oc2cccc(SC)c2C#N)cc1. The minimum atomic E-state index is 0.561. The van der Waals surface area contributed by atoms with Gasteiger partial charge in [0.05, 0.1) is 7.11 Å². The van der Waals surface area contributed by atoms with Gasteiger partial charge in [0.2, 0.25) is 0 Å². The Balaban J connectivity index is 2.30. The van der Waals surface area contributed by atoms with Gasteiger partial charge < -0.3 is 9.47 Å². The van der Waals surface area contributed by atoms with Crippen LogP contribution >= 0.6 is 11.8 Å². The molecule has 3 nitrogen and oxygen atoms in total. The Kier molecular flexibility index (Phi) is 4.32. The number of hydrogen-bond donors (Lipinski definition) is 0. The molecule has 0 saturated heterocycles. The lowest BCUT2D eigenvalue weighted by atomic mass is 10.2. The maximum absolute atomic E-state index is 9.23. The number of benzene rings is 2. The van der Waals surface area contributed by atoms with Crippen LogP contribution in [-0.4, -0.2) is 13.4 Å². The first-order valence-electron chi connectivity index (χ1n) is 5.67. The van der Waals surface area contributed by atoms with E-state index in [9.17, 15) is 5.26 Å². The molecule has 0 unspecified atom stereocenters. The van der Waals surface area contributed by atoms with Crippen LogP contribution in [0.5, 0.6) is 17.2 Å². The Bertz CT molecular complexity index is 603. The Hall–Kier alpha value is -2.12. The van der Waals surface area contributed by atoms with Gasteiger partial charge in [-0.05, 0) is 42.7 Å². The second kappa shape index (κ2) is 6.17. The van der Waals surface area contributed by atoms with Crippen LogP contribution in [0.15, 0.2) is 47.4 Å². The van der Waals surface area contributed by atoms with Crippen LogP contribution in [0.1, 0.15) is 5.56 Å². The lowest BCUT2D eigenvalue weighted by Crippen LogP contribution is -1.90. The van der Waals surface area contributed by atoms with Crippen LogP contribution in [0.2, 0.25) is 0 Å². The van der Waals surface area contributed by atoms with Gasteiger partial charge >= 0.3 is 0 Å². The van der Waals surface area contributed by atoms with Gasteiger partial charge in [-0.15, -0.1) is 11.8 Å². The number of thioether (sulfide) groups is 1. The monoisotopic (exact) mass is 271 g/mol. The van der Waals surface area contributed by atoms with Crippen LogP contribution in [0, 0.1) is 11.3 Å². The summed E-state index contributed by atoms with van der Waals surface area (Å²) in [5.41, 5.74) is 0.561. The Morgan fingerprint density at radius 1 is 1.05 bits per heavy atom. The van der Waals surface area contributed by atoms with Gasteiger partial charge in [-0.2, -0.15) is 5.26 Å². The Labute approximate surface area is 116 Å². The average molecular weight is 271 g/mol. The number of ether oxygens (including phenoxy) is 2. The standard InChI is InChI=1S/C15H13NO2S/c1-17-11-6-8-12(9-7-11)18-14-4-3-5-15(19-2)13(14)10-16/h3-9H,1-2H3. The molecule has 0 bridgehead atoms. The maximum Gasteiger partial charge on any atom is 0.146 e. The summed E-state index contributed by atoms with van der Waals surface area (Å²) in [4.78, 5) is 0.911. The largest absolute Gasteiger partial charge is 0.497 e. The fourth-order valence-electron chi connectivity index (χ4n) is 1.65. The highest BCUT2D eigenvalue weighted by molar-refractivity contribution is 7.98. The van der Waals surface area contributed by atoms with Crippen LogP contribution in [-0.2, 0) is 0 Å². The second-order valence-electron chi connectivity index (χ2n) is 3.72. The summed E-state index contributed by atoms with van der Waals surface area (Å²) in [7, 11) is 1.62. The number of rotatable bonds is 4. The quantitative estimate of drug-likeness (QED) is 0.786. The topological polar surface area (TPSA) is 42.2 Å². The molecule has 96 valence electrons. The van der Waals surface area contributed by atoms with Gasteiger partial charge in [-0.3, -0.25) is 0 Å². The van der Waals surface area contributed by atoms with Gasteiger partial charge in [0.25, 0.3) is 0 Å². The molecule has 0 N–H and O–H groups in total. The van der Waals surface area contributed by atoms with Crippen molar-refractivity contribution in [3.05, 3.63) is 48.0 Å². The van der Waals surface area contributed by atoms with E-state index in [4.69, 9.17) is 9.47 Å². The molecule has 0 amide bonds. The lowest BCUT2D eigenvalue weighted by Gasteiger charge is -2.10. The van der Waals surface area contributed by atoms with Gasteiger partial charge in [0.1, 0.15) is 28.9 Å². The molecule has 0 fully saturated rings. The molecule has 4 heteroatoms. The summed E-state index contributed by atoms with van der Waals surface area (Å²) in [6, 6.07) is 15.0. The van der Waals surface area contributed by atoms with E-state index in [2.05, 4.69) is 6.07 Å². The first-order valence-corrected chi connectivity index (χ1v) is 6.90. The number of methoxy groups -OCH3 is 1. The highest BCUT2D eigenvalue weighted by Crippen LogP contribution is 2.31. The normalized spacial score (nSPS) is 9.74. The highest BCUT2D eigenvalue weighted by atomic mass is 32.2. The van der Waals surface area contributed by atoms with Gasteiger partial charge in [0, 0.05) is 4.90 Å². The summed E-state index contributed by atoms with van der Waals surface area (Å²) >= 11 is 1.53. The molecule has 0 aromatic heterocycles. The molecular formula is C15H13NO2S. The highest BCUT2D eigenvalue weighted by Gasteiger charge is 2.09. The van der Waals surface area contributed by atoms with E-state index >= 15 is 0 Å². The van der Waals surface area contributed by atoms with Crippen molar-refractivity contribution in [3.63, 3.8) is 0 Å². The molecule has 2 aromatic rings. The molecule has 19 heavy (non-hydrogen) atoms. The summed E-state index contributed by atoms with van der Waals surface area (Å²) in [5.74, 6) is 2.01. The summed E-state index contributed by atoms with van der Waals surface area (Å²) in [6.45, 7) is 0. The lowest BCUT2D eigenvalue weighted by molar-refractivity contribution is 0.412. The summed E-state index contributed by atoms with van der Waals surface area (Å²) in [5, 5.41) is 9.23. The van der Waals surface area contributed by atoms with Crippen LogP contribution in [0.3, 0.4) is 0 Å². The zero-order chi connectivity index (χ0) is 13.7. The number of nitriles is 1. The van der Waals surface area contributed by atoms with Crippen molar-refractivity contribution in [2.24, 2.45) is 0 Å². The van der Waals surface area contributed by atoms with Gasteiger partial charge in [-0.25, -0.2) is 0 Å². The minimum absolute atomic E-state index is 0.561. The molecule has 0 heterocycles. The maximum atomic E-state index is 9.23. The third-order valence-electron chi connectivity index (χ3n) is 2.61. The van der Waals surface area contributed by atoms with Crippen LogP contribution in [0.4, 0.5) is 0 Å². The van der Waals surface area contributed by atoms with Crippen molar-refractivity contribution in [3.8, 4) is 23.3 Å².